The van der Waals surface area contributed by atoms with E-state index in [2.05, 4.69) is 4.72 Å². The Balaban J connectivity index is 1.95. The van der Waals surface area contributed by atoms with Crippen molar-refractivity contribution in [3.63, 3.8) is 0 Å². The number of para-hydroxylation sites is 1. The largest absolute Gasteiger partial charge is 0.496 e. The first-order valence-electron chi connectivity index (χ1n) is 9.43. The van der Waals surface area contributed by atoms with Gasteiger partial charge >= 0.3 is 5.97 Å². The predicted octanol–water partition coefficient (Wildman–Crippen LogP) is 2.49. The van der Waals surface area contributed by atoms with Gasteiger partial charge in [-0.05, 0) is 43.2 Å². The number of benzene rings is 2. The van der Waals surface area contributed by atoms with Crippen molar-refractivity contribution in [1.82, 2.24) is 4.72 Å². The second-order valence-electron chi connectivity index (χ2n) is 7.25. The Labute approximate surface area is 175 Å². The van der Waals surface area contributed by atoms with E-state index in [0.29, 0.717) is 23.4 Å². The zero-order chi connectivity index (χ0) is 22.1. The molecule has 3 rings (SSSR count). The summed E-state index contributed by atoms with van der Waals surface area (Å²) in [5.74, 6) is -0.854. The van der Waals surface area contributed by atoms with Crippen LogP contribution in [-0.4, -0.2) is 38.6 Å². The number of amides is 1. The summed E-state index contributed by atoms with van der Waals surface area (Å²) in [5.41, 5.74) is 1.89. The molecule has 0 aromatic heterocycles. The van der Waals surface area contributed by atoms with Gasteiger partial charge in [-0.25, -0.2) is 13.1 Å². The highest BCUT2D eigenvalue weighted by Crippen LogP contribution is 2.35. The third-order valence-electron chi connectivity index (χ3n) is 5.11. The molecule has 8 nitrogen and oxygen atoms in total. The summed E-state index contributed by atoms with van der Waals surface area (Å²) in [6.45, 7) is 3.37. The highest BCUT2D eigenvalue weighted by atomic mass is 32.2. The number of aliphatic carboxylic acids is 1. The van der Waals surface area contributed by atoms with Crippen LogP contribution in [0, 0.1) is 0 Å². The van der Waals surface area contributed by atoms with Crippen LogP contribution in [0.4, 0.5) is 5.69 Å². The van der Waals surface area contributed by atoms with Crippen LogP contribution in [0.1, 0.15) is 37.4 Å². The Morgan fingerprint density at radius 3 is 2.60 bits per heavy atom. The molecule has 0 unspecified atom stereocenters. The third kappa shape index (κ3) is 4.31. The number of sulfonamides is 1. The third-order valence-corrected chi connectivity index (χ3v) is 6.58. The molecule has 2 aromatic rings. The molecule has 30 heavy (non-hydrogen) atoms. The zero-order valence-corrected chi connectivity index (χ0v) is 17.8. The first-order valence-corrected chi connectivity index (χ1v) is 10.9. The second-order valence-corrected chi connectivity index (χ2v) is 8.96. The van der Waals surface area contributed by atoms with Crippen LogP contribution in [0.2, 0.25) is 0 Å². The van der Waals surface area contributed by atoms with E-state index in [4.69, 9.17) is 4.74 Å². The summed E-state index contributed by atoms with van der Waals surface area (Å²) in [7, 11) is -2.59. The molecule has 1 amide bonds. The van der Waals surface area contributed by atoms with Crippen LogP contribution in [0.25, 0.3) is 0 Å². The van der Waals surface area contributed by atoms with Gasteiger partial charge in [0.25, 0.3) is 0 Å². The second kappa shape index (κ2) is 8.45. The number of ether oxygens (including phenoxy) is 1. The molecule has 9 heteroatoms. The van der Waals surface area contributed by atoms with E-state index in [0.717, 1.165) is 5.56 Å². The number of nitrogens with one attached hydrogen (secondary N) is 1. The lowest BCUT2D eigenvalue weighted by atomic mass is 10.0. The van der Waals surface area contributed by atoms with Gasteiger partial charge in [0.05, 0.1) is 24.5 Å². The summed E-state index contributed by atoms with van der Waals surface area (Å²) in [5, 5.41) is 9.30. The lowest BCUT2D eigenvalue weighted by molar-refractivity contribution is -0.137. The number of hydrogen-bond donors (Lipinski definition) is 2. The maximum Gasteiger partial charge on any atom is 0.305 e. The fourth-order valence-electron chi connectivity index (χ4n) is 3.85. The van der Waals surface area contributed by atoms with Crippen LogP contribution in [0.5, 0.6) is 5.75 Å². The van der Waals surface area contributed by atoms with Crippen molar-refractivity contribution in [2.45, 2.75) is 43.7 Å². The minimum atomic E-state index is -4.03. The van der Waals surface area contributed by atoms with E-state index in [-0.39, 0.29) is 16.8 Å². The Morgan fingerprint density at radius 2 is 1.97 bits per heavy atom. The van der Waals surface area contributed by atoms with Crippen molar-refractivity contribution in [2.24, 2.45) is 0 Å². The zero-order valence-electron chi connectivity index (χ0n) is 17.0. The number of methoxy groups -OCH3 is 1. The van der Waals surface area contributed by atoms with Crippen molar-refractivity contribution in [3.8, 4) is 5.75 Å². The van der Waals surface area contributed by atoms with Crippen LogP contribution >= 0.6 is 0 Å². The van der Waals surface area contributed by atoms with E-state index < -0.39 is 28.5 Å². The van der Waals surface area contributed by atoms with E-state index in [1.165, 1.54) is 26.2 Å². The van der Waals surface area contributed by atoms with Gasteiger partial charge in [-0.2, -0.15) is 0 Å². The van der Waals surface area contributed by atoms with Gasteiger partial charge in [0, 0.05) is 24.2 Å². The average molecular weight is 432 g/mol. The molecule has 2 N–H and O–H groups in total. The molecule has 0 spiro atoms. The maximum absolute atomic E-state index is 13.1. The Kier molecular flexibility index (Phi) is 6.14. The fraction of sp³-hybridized carbons (Fsp3) is 0.333. The van der Waals surface area contributed by atoms with E-state index in [9.17, 15) is 23.1 Å². The van der Waals surface area contributed by atoms with E-state index in [1.54, 1.807) is 35.2 Å². The van der Waals surface area contributed by atoms with Gasteiger partial charge < -0.3 is 14.7 Å². The molecular formula is C21H24N2O6S. The number of nitrogens with zero attached hydrogens (tertiary/aromatic N) is 1. The highest BCUT2D eigenvalue weighted by molar-refractivity contribution is 7.89. The van der Waals surface area contributed by atoms with Crippen molar-refractivity contribution in [3.05, 3.63) is 53.6 Å². The molecule has 1 heterocycles. The summed E-state index contributed by atoms with van der Waals surface area (Å²) in [6, 6.07) is 10.2. The summed E-state index contributed by atoms with van der Waals surface area (Å²) in [6.07, 6.45) is 0.100. The lowest BCUT2D eigenvalue weighted by Crippen LogP contribution is -2.33. The average Bonchev–Trinajstić information content (AvgIpc) is 3.01. The van der Waals surface area contributed by atoms with Crippen molar-refractivity contribution in [1.29, 1.82) is 0 Å². The number of carboxylic acids is 1. The summed E-state index contributed by atoms with van der Waals surface area (Å²) < 4.78 is 33.9. The topological polar surface area (TPSA) is 113 Å². The molecule has 1 aliphatic heterocycles. The number of fused-ring (bicyclic) bond motifs is 1. The standard InChI is InChI=1S/C21H24N2O6S/c1-13-10-15-11-16(8-9-19(15)23(13)14(2)24)30(27,28)22-18(12-21(25)26)17-6-4-5-7-20(17)29-3/h4-9,11,13,18,22H,10,12H2,1-3H3,(H,25,26)/t13-,18+/m0/s1. The minimum Gasteiger partial charge on any atom is -0.496 e. The van der Waals surface area contributed by atoms with Gasteiger partial charge in [0.15, 0.2) is 0 Å². The number of carbonyl (C=O) groups is 2. The minimum absolute atomic E-state index is 0.0177. The highest BCUT2D eigenvalue weighted by Gasteiger charge is 2.31. The maximum atomic E-state index is 13.1. The first-order chi connectivity index (χ1) is 14.1. The molecule has 0 aliphatic carbocycles. The van der Waals surface area contributed by atoms with Crippen LogP contribution in [0.15, 0.2) is 47.4 Å². The van der Waals surface area contributed by atoms with Crippen LogP contribution in [0.3, 0.4) is 0 Å². The molecule has 0 radical (unpaired) electrons. The van der Waals surface area contributed by atoms with Gasteiger partial charge in [-0.3, -0.25) is 9.59 Å². The molecule has 160 valence electrons. The normalized spacial score (nSPS) is 16.8. The SMILES string of the molecule is COc1ccccc1[C@@H](CC(=O)O)NS(=O)(=O)c1ccc2c(c1)C[C@H](C)N2C(C)=O. The van der Waals surface area contributed by atoms with Gasteiger partial charge in [-0.15, -0.1) is 0 Å². The molecule has 0 bridgehead atoms. The van der Waals surface area contributed by atoms with E-state index in [1.807, 2.05) is 6.92 Å². The Morgan fingerprint density at radius 1 is 1.27 bits per heavy atom. The Hall–Kier alpha value is -2.91. The van der Waals surface area contributed by atoms with Crippen LogP contribution < -0.4 is 14.4 Å². The molecule has 0 saturated heterocycles. The molecule has 2 aromatic carbocycles. The molecule has 1 aliphatic rings. The van der Waals surface area contributed by atoms with Crippen molar-refractivity contribution < 1.29 is 27.9 Å². The first kappa shape index (κ1) is 21.8. The number of rotatable bonds is 7. The summed E-state index contributed by atoms with van der Waals surface area (Å²) >= 11 is 0. The fourth-order valence-corrected chi connectivity index (χ4v) is 5.12. The van der Waals surface area contributed by atoms with Crippen molar-refractivity contribution in [2.75, 3.05) is 12.0 Å². The number of anilines is 1. The Bertz CT molecular complexity index is 1080. The molecular weight excluding hydrogens is 408 g/mol. The van der Waals surface area contributed by atoms with Gasteiger partial charge in [0.1, 0.15) is 5.75 Å². The van der Waals surface area contributed by atoms with Crippen molar-refractivity contribution >= 4 is 27.6 Å². The molecule has 0 fully saturated rings. The molecule has 0 saturated carbocycles. The monoisotopic (exact) mass is 432 g/mol. The molecule has 2 atom stereocenters. The number of carboxylic acid groups (broad SMARTS) is 1. The van der Waals surface area contributed by atoms with Gasteiger partial charge in [0.2, 0.25) is 15.9 Å². The number of carbonyl (C=O) groups excluding carboxylic acids is 1. The number of hydrogen-bond acceptors (Lipinski definition) is 5. The summed E-state index contributed by atoms with van der Waals surface area (Å²) in [4.78, 5) is 24.9. The van der Waals surface area contributed by atoms with Gasteiger partial charge in [-0.1, -0.05) is 18.2 Å². The predicted molar refractivity (Wildman–Crippen MR) is 111 cm³/mol. The quantitative estimate of drug-likeness (QED) is 0.695. The van der Waals surface area contributed by atoms with E-state index >= 15 is 0 Å². The lowest BCUT2D eigenvalue weighted by Gasteiger charge is -2.21. The smallest absolute Gasteiger partial charge is 0.305 e. The van der Waals surface area contributed by atoms with Crippen LogP contribution in [-0.2, 0) is 26.0 Å².